The molecule has 2 fully saturated rings. The Bertz CT molecular complexity index is 1680. The smallest absolute Gasteiger partial charge is 0.232 e. The Kier molecular flexibility index (Phi) is 7.39. The lowest BCUT2D eigenvalue weighted by Gasteiger charge is -2.35. The fourth-order valence-corrected chi connectivity index (χ4v) is 6.73. The van der Waals surface area contributed by atoms with Gasteiger partial charge in [-0.3, -0.25) is 0 Å². The first-order valence-corrected chi connectivity index (χ1v) is 15.1. The maximum absolute atomic E-state index is 12.0. The molecular weight excluding hydrogens is 620 g/mol. The molecule has 0 unspecified atom stereocenters. The normalized spacial score (nSPS) is 27.8. The van der Waals surface area contributed by atoms with Crippen LogP contribution < -0.4 is 47.4 Å². The first-order valence-electron chi connectivity index (χ1n) is 15.1. The minimum absolute atomic E-state index is 0.0302. The minimum atomic E-state index is -1.53. The van der Waals surface area contributed by atoms with Crippen LogP contribution in [0.25, 0.3) is 0 Å². The highest BCUT2D eigenvalue weighted by atomic mass is 16.7. The fourth-order valence-electron chi connectivity index (χ4n) is 6.73. The van der Waals surface area contributed by atoms with Crippen molar-refractivity contribution in [2.45, 2.75) is 30.2 Å². The molecular formula is C33H34O14. The van der Waals surface area contributed by atoms with Crippen LogP contribution in [0.1, 0.15) is 23.3 Å². The van der Waals surface area contributed by atoms with Crippen molar-refractivity contribution in [3.63, 3.8) is 0 Å². The number of methoxy groups -OCH3 is 4. The first-order chi connectivity index (χ1) is 22.9. The van der Waals surface area contributed by atoms with Crippen molar-refractivity contribution in [2.24, 2.45) is 5.92 Å². The average molecular weight is 655 g/mol. The molecule has 0 saturated carbocycles. The van der Waals surface area contributed by atoms with Crippen molar-refractivity contribution >= 4 is 0 Å². The second-order valence-corrected chi connectivity index (χ2v) is 11.6. The second-order valence-electron chi connectivity index (χ2n) is 11.6. The molecule has 5 aliphatic rings. The summed E-state index contributed by atoms with van der Waals surface area (Å²) in [6.07, 6.45) is -2.70. The highest BCUT2D eigenvalue weighted by Gasteiger charge is 2.61. The van der Waals surface area contributed by atoms with Gasteiger partial charge >= 0.3 is 0 Å². The van der Waals surface area contributed by atoms with E-state index in [-0.39, 0.29) is 44.9 Å². The zero-order valence-corrected chi connectivity index (χ0v) is 26.1. The van der Waals surface area contributed by atoms with Crippen LogP contribution in [0.5, 0.6) is 57.5 Å². The Labute approximate surface area is 269 Å². The number of aliphatic hydroxyl groups is 1. The lowest BCUT2D eigenvalue weighted by Crippen LogP contribution is -2.47. The molecule has 47 heavy (non-hydrogen) atoms. The van der Waals surface area contributed by atoms with E-state index in [1.54, 1.807) is 26.4 Å². The molecule has 8 rings (SSSR count). The van der Waals surface area contributed by atoms with Gasteiger partial charge in [0.25, 0.3) is 0 Å². The second kappa shape index (κ2) is 11.6. The van der Waals surface area contributed by atoms with Gasteiger partial charge in [0.15, 0.2) is 52.3 Å². The summed E-state index contributed by atoms with van der Waals surface area (Å²) in [5.41, 5.74) is -0.0201. The van der Waals surface area contributed by atoms with E-state index in [1.807, 2.05) is 24.3 Å². The predicted molar refractivity (Wildman–Crippen MR) is 158 cm³/mol. The topological polar surface area (TPSA) is 140 Å². The number of rotatable bonds is 9. The van der Waals surface area contributed by atoms with Gasteiger partial charge in [-0.2, -0.15) is 0 Å². The number of benzene rings is 3. The summed E-state index contributed by atoms with van der Waals surface area (Å²) in [7, 11) is 6.14. The van der Waals surface area contributed by atoms with Gasteiger partial charge in [0.2, 0.25) is 37.1 Å². The van der Waals surface area contributed by atoms with E-state index in [9.17, 15) is 5.11 Å². The van der Waals surface area contributed by atoms with Crippen molar-refractivity contribution in [1.29, 1.82) is 0 Å². The maximum Gasteiger partial charge on any atom is 0.232 e. The molecule has 14 heteroatoms. The number of hydrogen-bond donors (Lipinski definition) is 1. The molecule has 0 amide bonds. The SMILES string of the molecule is COC[C@H]1Oc2cc([C@@H]3OC[C@]4(O)[C@H](Oc5c(OC)cc6c(c5OC)OCO6)OC[C@H]34)c(OC)cc2O[C@@H]1c1ccc2c(c1)OCO2. The Balaban J connectivity index is 1.07. The standard InChI is InChI=1S/C33H34O14/c1-35-12-26-27(16-5-6-19-21(7-16)42-14-41-19)46-23-9-20(36-2)17(8-22(23)45-26)28-18-11-39-32(33(18,34)13-40-28)47-30-24(37-3)10-25-29(31(30)38-4)44-15-43-25/h5-10,18,26-28,32,34H,11-15H2,1-4H3/t18-,26-,27-,28+,32+,33-/m1/s1. The van der Waals surface area contributed by atoms with E-state index in [0.29, 0.717) is 51.6 Å². The van der Waals surface area contributed by atoms with Crippen LogP contribution in [0.3, 0.4) is 0 Å². The molecule has 2 saturated heterocycles. The summed E-state index contributed by atoms with van der Waals surface area (Å²) in [6.45, 7) is 0.531. The van der Waals surface area contributed by atoms with Crippen LogP contribution in [0.15, 0.2) is 36.4 Å². The Morgan fingerprint density at radius 1 is 0.745 bits per heavy atom. The third-order valence-corrected chi connectivity index (χ3v) is 9.05. The van der Waals surface area contributed by atoms with E-state index in [1.165, 1.54) is 14.2 Å². The summed E-state index contributed by atoms with van der Waals surface area (Å²) in [5, 5.41) is 12.0. The van der Waals surface area contributed by atoms with Crippen molar-refractivity contribution in [2.75, 3.05) is 61.8 Å². The van der Waals surface area contributed by atoms with Crippen molar-refractivity contribution in [3.05, 3.63) is 47.5 Å². The summed E-state index contributed by atoms with van der Waals surface area (Å²) in [4.78, 5) is 0. The Morgan fingerprint density at radius 3 is 2.32 bits per heavy atom. The molecule has 0 radical (unpaired) electrons. The Hall–Kier alpha value is -4.50. The summed E-state index contributed by atoms with van der Waals surface area (Å²) in [6, 6.07) is 10.9. The van der Waals surface area contributed by atoms with E-state index >= 15 is 0 Å². The van der Waals surface area contributed by atoms with Crippen LogP contribution in [0.4, 0.5) is 0 Å². The van der Waals surface area contributed by atoms with E-state index in [0.717, 1.165) is 5.56 Å². The van der Waals surface area contributed by atoms with Gasteiger partial charge in [0.1, 0.15) is 5.75 Å². The van der Waals surface area contributed by atoms with Crippen LogP contribution in [-0.4, -0.2) is 84.9 Å². The maximum atomic E-state index is 12.0. The predicted octanol–water partition coefficient (Wildman–Crippen LogP) is 3.55. The Morgan fingerprint density at radius 2 is 1.51 bits per heavy atom. The molecule has 5 heterocycles. The minimum Gasteiger partial charge on any atom is -0.496 e. The monoisotopic (exact) mass is 654 g/mol. The van der Waals surface area contributed by atoms with Crippen LogP contribution in [-0.2, 0) is 14.2 Å². The van der Waals surface area contributed by atoms with Crippen molar-refractivity contribution in [3.8, 4) is 57.5 Å². The molecule has 250 valence electrons. The number of hydrogen-bond acceptors (Lipinski definition) is 14. The van der Waals surface area contributed by atoms with E-state index < -0.39 is 36.1 Å². The zero-order valence-electron chi connectivity index (χ0n) is 26.1. The summed E-state index contributed by atoms with van der Waals surface area (Å²) in [5.74, 6) is 3.90. The highest BCUT2D eigenvalue weighted by molar-refractivity contribution is 5.66. The van der Waals surface area contributed by atoms with Crippen LogP contribution in [0, 0.1) is 5.92 Å². The summed E-state index contributed by atoms with van der Waals surface area (Å²) >= 11 is 0. The van der Waals surface area contributed by atoms with Crippen molar-refractivity contribution in [1.82, 2.24) is 0 Å². The molecule has 1 N–H and O–H groups in total. The summed E-state index contributed by atoms with van der Waals surface area (Å²) < 4.78 is 76.2. The van der Waals surface area contributed by atoms with Crippen LogP contribution in [0.2, 0.25) is 0 Å². The van der Waals surface area contributed by atoms with Crippen molar-refractivity contribution < 1.29 is 66.7 Å². The molecule has 6 atom stereocenters. The molecule has 5 aliphatic heterocycles. The zero-order chi connectivity index (χ0) is 32.3. The third-order valence-electron chi connectivity index (χ3n) is 9.05. The lowest BCUT2D eigenvalue weighted by molar-refractivity contribution is -0.153. The number of ether oxygens (including phenoxy) is 13. The lowest BCUT2D eigenvalue weighted by atomic mass is 9.85. The average Bonchev–Trinajstić information content (AvgIpc) is 3.88. The van der Waals surface area contributed by atoms with Gasteiger partial charge in [-0.1, -0.05) is 6.07 Å². The van der Waals surface area contributed by atoms with E-state index in [4.69, 9.17) is 61.6 Å². The van der Waals surface area contributed by atoms with Gasteiger partial charge in [-0.25, -0.2) is 0 Å². The van der Waals surface area contributed by atoms with E-state index in [2.05, 4.69) is 0 Å². The highest BCUT2D eigenvalue weighted by Crippen LogP contribution is 2.56. The molecule has 0 spiro atoms. The van der Waals surface area contributed by atoms with Gasteiger partial charge in [0, 0.05) is 30.4 Å². The fraction of sp³-hybridized carbons (Fsp3) is 0.455. The quantitative estimate of drug-likeness (QED) is 0.360. The van der Waals surface area contributed by atoms with Gasteiger partial charge < -0.3 is 66.7 Å². The van der Waals surface area contributed by atoms with Gasteiger partial charge in [-0.15, -0.1) is 0 Å². The molecule has 14 nitrogen and oxygen atoms in total. The molecule has 0 aliphatic carbocycles. The van der Waals surface area contributed by atoms with Gasteiger partial charge in [0.05, 0.1) is 53.2 Å². The molecule has 3 aromatic carbocycles. The van der Waals surface area contributed by atoms with Gasteiger partial charge in [-0.05, 0) is 18.2 Å². The molecule has 0 bridgehead atoms. The third kappa shape index (κ3) is 4.77. The van der Waals surface area contributed by atoms with Crippen LogP contribution >= 0.6 is 0 Å². The number of fused-ring (bicyclic) bond motifs is 4. The first kappa shape index (κ1) is 29.9. The molecule has 3 aromatic rings. The largest absolute Gasteiger partial charge is 0.496 e. The molecule has 0 aromatic heterocycles.